The molecule has 0 unspecified atom stereocenters. The van der Waals surface area contributed by atoms with Crippen LogP contribution in [-0.4, -0.2) is 73.1 Å². The van der Waals surface area contributed by atoms with Crippen molar-refractivity contribution in [3.8, 4) is 0 Å². The van der Waals surface area contributed by atoms with Gasteiger partial charge in [0.2, 0.25) is 0 Å². The van der Waals surface area contributed by atoms with Gasteiger partial charge in [-0.15, -0.1) is 0 Å². The van der Waals surface area contributed by atoms with Crippen molar-refractivity contribution in [3.63, 3.8) is 0 Å². The third-order valence-corrected chi connectivity index (χ3v) is 11.4. The lowest BCUT2D eigenvalue weighted by Gasteiger charge is -2.49. The molecule has 6 aromatic carbocycles. The second-order valence-electron chi connectivity index (χ2n) is 16.2. The Labute approximate surface area is 376 Å². The Morgan fingerprint density at radius 3 is 1.11 bits per heavy atom. The predicted octanol–water partition coefficient (Wildman–Crippen LogP) is 8.98. The second kappa shape index (κ2) is 23.7. The molecule has 0 bridgehead atoms. The van der Waals surface area contributed by atoms with Gasteiger partial charge in [-0.25, -0.2) is 0 Å². The summed E-state index contributed by atoms with van der Waals surface area (Å²) in [6, 6.07) is 59.7. The molecule has 0 aromatic heterocycles. The maximum Gasteiger partial charge on any atom is 0.187 e. The van der Waals surface area contributed by atoms with Crippen LogP contribution < -0.4 is 0 Å². The zero-order valence-corrected chi connectivity index (χ0v) is 36.2. The number of rotatable bonds is 21. The van der Waals surface area contributed by atoms with Gasteiger partial charge in [0.25, 0.3) is 0 Å². The lowest BCUT2D eigenvalue weighted by atomic mass is 9.96. The Kier molecular flexibility index (Phi) is 16.9. The summed E-state index contributed by atoms with van der Waals surface area (Å²) in [6.45, 7) is 3.76. The summed E-state index contributed by atoms with van der Waals surface area (Å²) in [7, 11) is 0. The van der Waals surface area contributed by atoms with E-state index < -0.39 is 61.4 Å². The first-order valence-corrected chi connectivity index (χ1v) is 22.1. The van der Waals surface area contributed by atoms with Crippen molar-refractivity contribution in [2.24, 2.45) is 0 Å². The second-order valence-corrected chi connectivity index (χ2v) is 16.2. The minimum absolute atomic E-state index is 0.124. The number of aliphatic hydroxyl groups is 1. The summed E-state index contributed by atoms with van der Waals surface area (Å²) < 4.78 is 60.5. The van der Waals surface area contributed by atoms with Crippen LogP contribution in [0.25, 0.3) is 0 Å². The molecule has 2 fully saturated rings. The van der Waals surface area contributed by atoms with Gasteiger partial charge in [-0.2, -0.15) is 0 Å². The van der Waals surface area contributed by atoms with Crippen LogP contribution >= 0.6 is 0 Å². The summed E-state index contributed by atoms with van der Waals surface area (Å²) in [5, 5.41) is 12.1. The van der Waals surface area contributed by atoms with E-state index in [9.17, 15) is 5.11 Å². The first kappa shape index (κ1) is 45.5. The summed E-state index contributed by atoms with van der Waals surface area (Å²) in [4.78, 5) is 0. The van der Waals surface area contributed by atoms with Crippen LogP contribution in [0.1, 0.15) is 40.3 Å². The predicted molar refractivity (Wildman–Crippen MR) is 241 cm³/mol. The van der Waals surface area contributed by atoms with Gasteiger partial charge in [-0.3, -0.25) is 0 Å². The van der Waals surface area contributed by atoms with Crippen LogP contribution in [0.15, 0.2) is 182 Å². The molecule has 334 valence electrons. The van der Waals surface area contributed by atoms with E-state index in [1.807, 2.05) is 189 Å². The standard InChI is InChI=1S/C54H58O10/c1-39-47(57-33-41-22-10-3-11-23-41)49(59-35-43-26-14-5-15-27-43)52(61-37-45-30-18-7-19-31-45)54(62-39)64-51-50(60-36-44-28-16-6-17-29-44)48(58-34-42-24-12-4-13-25-42)46(63-53(51)55)38-56-32-40-20-8-2-9-21-40/h2-31,39,46-55H,32-38H2,1H3/t39-,46+,47+,48+,49+,50-,51+,52-,53+,54+/m0/s1. The average Bonchev–Trinajstić information content (AvgIpc) is 3.34. The average molecular weight is 867 g/mol. The number of ether oxygens (including phenoxy) is 9. The molecule has 10 atom stereocenters. The van der Waals surface area contributed by atoms with E-state index in [4.69, 9.17) is 42.6 Å². The Bertz CT molecular complexity index is 2190. The monoisotopic (exact) mass is 866 g/mol. The van der Waals surface area contributed by atoms with Crippen molar-refractivity contribution in [2.45, 2.75) is 108 Å². The maximum absolute atomic E-state index is 12.1. The lowest BCUT2D eigenvalue weighted by Crippen LogP contribution is -2.65. The van der Waals surface area contributed by atoms with Crippen LogP contribution in [0.5, 0.6) is 0 Å². The smallest absolute Gasteiger partial charge is 0.187 e. The van der Waals surface area contributed by atoms with Crippen molar-refractivity contribution in [2.75, 3.05) is 6.61 Å². The first-order chi connectivity index (χ1) is 31.6. The molecule has 0 amide bonds. The van der Waals surface area contributed by atoms with Gasteiger partial charge in [-0.05, 0) is 40.3 Å². The Balaban J connectivity index is 1.11. The minimum atomic E-state index is -1.47. The summed E-state index contributed by atoms with van der Waals surface area (Å²) >= 11 is 0. The molecule has 8 rings (SSSR count). The highest BCUT2D eigenvalue weighted by molar-refractivity contribution is 5.18. The fraction of sp³-hybridized carbons (Fsp3) is 0.333. The highest BCUT2D eigenvalue weighted by Crippen LogP contribution is 2.36. The number of hydrogen-bond acceptors (Lipinski definition) is 10. The zero-order chi connectivity index (χ0) is 43.8. The van der Waals surface area contributed by atoms with Gasteiger partial charge in [-0.1, -0.05) is 182 Å². The molecular weight excluding hydrogens is 809 g/mol. The van der Waals surface area contributed by atoms with Crippen molar-refractivity contribution in [3.05, 3.63) is 215 Å². The third kappa shape index (κ3) is 12.8. The minimum Gasteiger partial charge on any atom is -0.374 e. The van der Waals surface area contributed by atoms with Crippen LogP contribution in [0.4, 0.5) is 0 Å². The van der Waals surface area contributed by atoms with Gasteiger partial charge in [0.15, 0.2) is 12.6 Å². The van der Waals surface area contributed by atoms with E-state index in [2.05, 4.69) is 0 Å². The molecule has 1 N–H and O–H groups in total. The molecule has 2 heterocycles. The topological polar surface area (TPSA) is 103 Å². The third-order valence-electron chi connectivity index (χ3n) is 11.4. The molecule has 10 heteroatoms. The van der Waals surface area contributed by atoms with E-state index in [1.54, 1.807) is 0 Å². The van der Waals surface area contributed by atoms with Gasteiger partial charge >= 0.3 is 0 Å². The molecule has 6 aromatic rings. The van der Waals surface area contributed by atoms with E-state index in [0.29, 0.717) is 19.8 Å². The van der Waals surface area contributed by atoms with Crippen LogP contribution in [0.3, 0.4) is 0 Å². The van der Waals surface area contributed by atoms with Gasteiger partial charge < -0.3 is 47.7 Å². The molecule has 2 saturated heterocycles. The molecule has 2 aliphatic rings. The molecule has 0 radical (unpaired) electrons. The highest BCUT2D eigenvalue weighted by atomic mass is 16.8. The largest absolute Gasteiger partial charge is 0.374 e. The van der Waals surface area contributed by atoms with E-state index in [-0.39, 0.29) is 26.4 Å². The summed E-state index contributed by atoms with van der Waals surface area (Å²) in [5.74, 6) is 0. The van der Waals surface area contributed by atoms with Crippen LogP contribution in [0.2, 0.25) is 0 Å². The molecule has 0 aliphatic carbocycles. The highest BCUT2D eigenvalue weighted by Gasteiger charge is 2.53. The summed E-state index contributed by atoms with van der Waals surface area (Å²) in [5.41, 5.74) is 5.89. The lowest BCUT2D eigenvalue weighted by molar-refractivity contribution is -0.375. The van der Waals surface area contributed by atoms with Crippen molar-refractivity contribution >= 4 is 0 Å². The Hall–Kier alpha value is -5.08. The number of benzene rings is 6. The van der Waals surface area contributed by atoms with E-state index >= 15 is 0 Å². The number of hydrogen-bond donors (Lipinski definition) is 1. The normalized spacial score (nSPS) is 25.8. The fourth-order valence-electron chi connectivity index (χ4n) is 8.10. The SMILES string of the molecule is C[C@@H]1O[C@H](O[C@@H]2[C@@H](OCc3ccccc3)[C@H](OCc3ccccc3)[C@@H](COCc3ccccc3)O[C@H]2O)[C@@H](OCc2ccccc2)[C@H](OCc2ccccc2)[C@@H]1OCc1ccccc1. The molecule has 2 aliphatic heterocycles. The first-order valence-electron chi connectivity index (χ1n) is 22.1. The molecule has 64 heavy (non-hydrogen) atoms. The Morgan fingerprint density at radius 1 is 0.375 bits per heavy atom. The summed E-state index contributed by atoms with van der Waals surface area (Å²) in [6.07, 6.45) is -8.56. The Morgan fingerprint density at radius 2 is 0.703 bits per heavy atom. The van der Waals surface area contributed by atoms with Crippen LogP contribution in [-0.2, 0) is 82.3 Å². The molecule has 0 saturated carbocycles. The van der Waals surface area contributed by atoms with E-state index in [1.165, 1.54) is 0 Å². The maximum atomic E-state index is 12.1. The van der Waals surface area contributed by atoms with E-state index in [0.717, 1.165) is 33.4 Å². The number of aliphatic hydroxyl groups excluding tert-OH is 1. The fourth-order valence-corrected chi connectivity index (χ4v) is 8.10. The van der Waals surface area contributed by atoms with Crippen molar-refractivity contribution in [1.29, 1.82) is 0 Å². The van der Waals surface area contributed by atoms with Crippen molar-refractivity contribution in [1.82, 2.24) is 0 Å². The molecular formula is C54H58O10. The van der Waals surface area contributed by atoms with Gasteiger partial charge in [0.05, 0.1) is 52.4 Å². The van der Waals surface area contributed by atoms with Gasteiger partial charge in [0, 0.05) is 0 Å². The molecule has 10 nitrogen and oxygen atoms in total. The van der Waals surface area contributed by atoms with Crippen molar-refractivity contribution < 1.29 is 47.7 Å². The quantitative estimate of drug-likeness (QED) is 0.0755. The zero-order valence-electron chi connectivity index (χ0n) is 36.2. The molecule has 0 spiro atoms. The van der Waals surface area contributed by atoms with Crippen LogP contribution in [0, 0.1) is 0 Å². The van der Waals surface area contributed by atoms with Gasteiger partial charge in [0.1, 0.15) is 42.7 Å².